The molecule has 1 aliphatic heterocycles. The van der Waals surface area contributed by atoms with Gasteiger partial charge in [-0.05, 0) is 37.1 Å². The van der Waals surface area contributed by atoms with Crippen LogP contribution in [0.15, 0.2) is 24.3 Å². The molecule has 1 aromatic carbocycles. The number of hydrogen-bond acceptors (Lipinski definition) is 2. The van der Waals surface area contributed by atoms with E-state index < -0.39 is 6.03 Å². The van der Waals surface area contributed by atoms with E-state index in [0.717, 1.165) is 18.7 Å². The third-order valence-electron chi connectivity index (χ3n) is 2.62. The number of urea groups is 1. The quantitative estimate of drug-likeness (QED) is 0.686. The third-order valence-corrected chi connectivity index (χ3v) is 2.62. The highest BCUT2D eigenvalue weighted by molar-refractivity contribution is 5.87. The van der Waals surface area contributed by atoms with Crippen LogP contribution in [0, 0.1) is 0 Å². The van der Waals surface area contributed by atoms with Crippen LogP contribution >= 0.6 is 0 Å². The fraction of sp³-hybridized carbons (Fsp3) is 0.364. The first kappa shape index (κ1) is 9.98. The summed E-state index contributed by atoms with van der Waals surface area (Å²) in [5.41, 5.74) is 7.03. The SMILES string of the molecule is NC(=O)Nc1cccc(C2CCCN2)c1. The molecule has 0 radical (unpaired) electrons. The molecule has 1 aromatic rings. The largest absolute Gasteiger partial charge is 0.351 e. The lowest BCUT2D eigenvalue weighted by Crippen LogP contribution is -2.19. The van der Waals surface area contributed by atoms with Gasteiger partial charge in [-0.25, -0.2) is 4.79 Å². The van der Waals surface area contributed by atoms with E-state index in [-0.39, 0.29) is 0 Å². The lowest BCUT2D eigenvalue weighted by Gasteiger charge is -2.11. The Balaban J connectivity index is 2.14. The molecular formula is C11H15N3O. The van der Waals surface area contributed by atoms with Gasteiger partial charge >= 0.3 is 6.03 Å². The van der Waals surface area contributed by atoms with Gasteiger partial charge in [0, 0.05) is 11.7 Å². The van der Waals surface area contributed by atoms with Gasteiger partial charge in [0.05, 0.1) is 0 Å². The standard InChI is InChI=1S/C11H15N3O/c12-11(15)14-9-4-1-3-8(7-9)10-5-2-6-13-10/h1,3-4,7,10,13H,2,5-6H2,(H3,12,14,15). The van der Waals surface area contributed by atoms with Crippen molar-refractivity contribution in [2.24, 2.45) is 5.73 Å². The predicted octanol–water partition coefficient (Wildman–Crippen LogP) is 1.60. The van der Waals surface area contributed by atoms with E-state index in [1.165, 1.54) is 12.0 Å². The molecule has 1 unspecified atom stereocenters. The van der Waals surface area contributed by atoms with Crippen LogP contribution in [0.2, 0.25) is 0 Å². The number of anilines is 1. The highest BCUT2D eigenvalue weighted by Crippen LogP contribution is 2.24. The molecule has 0 aromatic heterocycles. The van der Waals surface area contributed by atoms with Crippen LogP contribution in [0.25, 0.3) is 0 Å². The molecule has 4 heteroatoms. The topological polar surface area (TPSA) is 67.2 Å². The Hall–Kier alpha value is -1.55. The first-order valence-electron chi connectivity index (χ1n) is 5.15. The monoisotopic (exact) mass is 205 g/mol. The van der Waals surface area contributed by atoms with Crippen molar-refractivity contribution in [3.05, 3.63) is 29.8 Å². The Morgan fingerprint density at radius 1 is 1.53 bits per heavy atom. The minimum atomic E-state index is -0.522. The van der Waals surface area contributed by atoms with Gasteiger partial charge in [-0.15, -0.1) is 0 Å². The maximum absolute atomic E-state index is 10.7. The first-order chi connectivity index (χ1) is 7.25. The number of amides is 2. The minimum absolute atomic E-state index is 0.416. The van der Waals surface area contributed by atoms with Crippen LogP contribution in [0.1, 0.15) is 24.4 Å². The third kappa shape index (κ3) is 2.47. The van der Waals surface area contributed by atoms with Crippen molar-refractivity contribution >= 4 is 11.7 Å². The molecule has 0 spiro atoms. The van der Waals surface area contributed by atoms with E-state index in [9.17, 15) is 4.79 Å². The van der Waals surface area contributed by atoms with Crippen LogP contribution < -0.4 is 16.4 Å². The highest BCUT2D eigenvalue weighted by Gasteiger charge is 2.15. The van der Waals surface area contributed by atoms with Gasteiger partial charge in [-0.2, -0.15) is 0 Å². The summed E-state index contributed by atoms with van der Waals surface area (Å²) in [6.07, 6.45) is 2.36. The van der Waals surface area contributed by atoms with Gasteiger partial charge in [0.15, 0.2) is 0 Å². The molecule has 80 valence electrons. The van der Waals surface area contributed by atoms with Crippen LogP contribution in [0.3, 0.4) is 0 Å². The van der Waals surface area contributed by atoms with Crippen molar-refractivity contribution in [1.29, 1.82) is 0 Å². The average molecular weight is 205 g/mol. The second-order valence-electron chi connectivity index (χ2n) is 3.76. The van der Waals surface area contributed by atoms with E-state index in [1.807, 2.05) is 18.2 Å². The number of benzene rings is 1. The summed E-state index contributed by atoms with van der Waals surface area (Å²) in [4.78, 5) is 10.7. The van der Waals surface area contributed by atoms with Gasteiger partial charge in [0.25, 0.3) is 0 Å². The summed E-state index contributed by atoms with van der Waals surface area (Å²) in [5.74, 6) is 0. The molecule has 0 bridgehead atoms. The van der Waals surface area contributed by atoms with Gasteiger partial charge in [-0.1, -0.05) is 12.1 Å². The Morgan fingerprint density at radius 2 is 2.40 bits per heavy atom. The number of carbonyl (C=O) groups is 1. The summed E-state index contributed by atoms with van der Waals surface area (Å²) in [6.45, 7) is 1.07. The summed E-state index contributed by atoms with van der Waals surface area (Å²) in [6, 6.07) is 7.69. The number of carbonyl (C=O) groups excluding carboxylic acids is 1. The Labute approximate surface area is 88.9 Å². The van der Waals surface area contributed by atoms with Gasteiger partial charge < -0.3 is 16.4 Å². The van der Waals surface area contributed by atoms with E-state index in [4.69, 9.17) is 5.73 Å². The summed E-state index contributed by atoms with van der Waals surface area (Å²) < 4.78 is 0. The van der Waals surface area contributed by atoms with Crippen molar-refractivity contribution in [2.45, 2.75) is 18.9 Å². The normalized spacial score (nSPS) is 20.1. The van der Waals surface area contributed by atoms with Crippen molar-refractivity contribution in [3.63, 3.8) is 0 Å². The number of nitrogens with one attached hydrogen (secondary N) is 2. The molecule has 0 aliphatic carbocycles. The fourth-order valence-corrected chi connectivity index (χ4v) is 1.94. The van der Waals surface area contributed by atoms with Gasteiger partial charge in [-0.3, -0.25) is 0 Å². The maximum Gasteiger partial charge on any atom is 0.316 e. The second kappa shape index (κ2) is 4.31. The minimum Gasteiger partial charge on any atom is -0.351 e. The van der Waals surface area contributed by atoms with Crippen molar-refractivity contribution in [3.8, 4) is 0 Å². The Kier molecular flexibility index (Phi) is 2.87. The molecular weight excluding hydrogens is 190 g/mol. The summed E-state index contributed by atoms with van der Waals surface area (Å²) in [7, 11) is 0. The van der Waals surface area contributed by atoms with E-state index in [2.05, 4.69) is 16.7 Å². The lowest BCUT2D eigenvalue weighted by atomic mass is 10.0. The Morgan fingerprint density at radius 3 is 3.07 bits per heavy atom. The zero-order valence-corrected chi connectivity index (χ0v) is 8.49. The van der Waals surface area contributed by atoms with Gasteiger partial charge in [0.2, 0.25) is 0 Å². The van der Waals surface area contributed by atoms with E-state index >= 15 is 0 Å². The van der Waals surface area contributed by atoms with Crippen molar-refractivity contribution < 1.29 is 4.79 Å². The molecule has 1 atom stereocenters. The highest BCUT2D eigenvalue weighted by atomic mass is 16.2. The molecule has 4 N–H and O–H groups in total. The smallest absolute Gasteiger partial charge is 0.316 e. The van der Waals surface area contributed by atoms with Crippen LogP contribution in [-0.2, 0) is 0 Å². The summed E-state index contributed by atoms with van der Waals surface area (Å²) >= 11 is 0. The number of rotatable bonds is 2. The van der Waals surface area contributed by atoms with E-state index in [0.29, 0.717) is 6.04 Å². The number of hydrogen-bond donors (Lipinski definition) is 3. The molecule has 4 nitrogen and oxygen atoms in total. The molecule has 2 rings (SSSR count). The van der Waals surface area contributed by atoms with Crippen LogP contribution in [0.5, 0.6) is 0 Å². The Bertz CT molecular complexity index is 359. The average Bonchev–Trinajstić information content (AvgIpc) is 2.69. The lowest BCUT2D eigenvalue weighted by molar-refractivity contribution is 0.259. The zero-order valence-electron chi connectivity index (χ0n) is 8.49. The zero-order chi connectivity index (χ0) is 10.7. The molecule has 1 heterocycles. The molecule has 2 amide bonds. The first-order valence-corrected chi connectivity index (χ1v) is 5.15. The van der Waals surface area contributed by atoms with Crippen LogP contribution in [0.4, 0.5) is 10.5 Å². The maximum atomic E-state index is 10.7. The molecule has 15 heavy (non-hydrogen) atoms. The fourth-order valence-electron chi connectivity index (χ4n) is 1.94. The number of nitrogens with two attached hydrogens (primary N) is 1. The van der Waals surface area contributed by atoms with Crippen molar-refractivity contribution in [2.75, 3.05) is 11.9 Å². The van der Waals surface area contributed by atoms with E-state index in [1.54, 1.807) is 0 Å². The molecule has 0 saturated carbocycles. The summed E-state index contributed by atoms with van der Waals surface area (Å²) in [5, 5.41) is 5.99. The second-order valence-corrected chi connectivity index (χ2v) is 3.76. The molecule has 1 fully saturated rings. The molecule has 1 saturated heterocycles. The predicted molar refractivity (Wildman–Crippen MR) is 59.6 cm³/mol. The number of primary amides is 1. The van der Waals surface area contributed by atoms with Crippen molar-refractivity contribution in [1.82, 2.24) is 5.32 Å². The van der Waals surface area contributed by atoms with Crippen LogP contribution in [-0.4, -0.2) is 12.6 Å². The molecule has 1 aliphatic rings. The van der Waals surface area contributed by atoms with Gasteiger partial charge in [0.1, 0.15) is 0 Å².